The van der Waals surface area contributed by atoms with Crippen molar-refractivity contribution in [2.24, 2.45) is 0 Å². The first kappa shape index (κ1) is 14.2. The van der Waals surface area contributed by atoms with Crippen LogP contribution in [0, 0.1) is 0 Å². The number of likely N-dealkylation sites (tertiary alicyclic amines) is 1. The van der Waals surface area contributed by atoms with Crippen molar-refractivity contribution in [1.82, 2.24) is 19.5 Å². The van der Waals surface area contributed by atoms with Gasteiger partial charge in [-0.3, -0.25) is 4.79 Å². The van der Waals surface area contributed by atoms with Crippen LogP contribution < -0.4 is 5.73 Å². The lowest BCUT2D eigenvalue weighted by Gasteiger charge is -2.25. The number of rotatable bonds is 2. The predicted octanol–water partition coefficient (Wildman–Crippen LogP) is 2.67. The van der Waals surface area contributed by atoms with Gasteiger partial charge in [0.25, 0.3) is 5.91 Å². The van der Waals surface area contributed by atoms with Crippen LogP contribution in [0.4, 0.5) is 5.00 Å². The molecule has 23 heavy (non-hydrogen) atoms. The van der Waals surface area contributed by atoms with Crippen molar-refractivity contribution in [3.05, 3.63) is 35.6 Å². The number of carbonyl (C=O) groups excluding carboxylic acids is 1. The summed E-state index contributed by atoms with van der Waals surface area (Å²) in [7, 11) is 0. The SMILES string of the molecule is Nc1sc(C(=O)N2CCCCC2)nc1-c1cnn2ccccc12. The molecule has 1 saturated heterocycles. The van der Waals surface area contributed by atoms with Gasteiger partial charge in [-0.1, -0.05) is 17.4 Å². The molecule has 7 heteroatoms. The zero-order valence-electron chi connectivity index (χ0n) is 12.6. The van der Waals surface area contributed by atoms with Crippen LogP contribution in [0.1, 0.15) is 29.1 Å². The Labute approximate surface area is 137 Å². The first-order valence-corrected chi connectivity index (χ1v) is 8.54. The number of fused-ring (bicyclic) bond motifs is 1. The van der Waals surface area contributed by atoms with Gasteiger partial charge in [0.05, 0.1) is 11.7 Å². The van der Waals surface area contributed by atoms with Crippen LogP contribution in [0.2, 0.25) is 0 Å². The molecule has 2 N–H and O–H groups in total. The third kappa shape index (κ3) is 2.46. The van der Waals surface area contributed by atoms with Crippen molar-refractivity contribution in [3.63, 3.8) is 0 Å². The number of amides is 1. The van der Waals surface area contributed by atoms with Crippen LogP contribution >= 0.6 is 11.3 Å². The summed E-state index contributed by atoms with van der Waals surface area (Å²) in [5, 5.41) is 5.34. The van der Waals surface area contributed by atoms with Gasteiger partial charge in [-0.05, 0) is 31.4 Å². The molecule has 118 valence electrons. The highest BCUT2D eigenvalue weighted by Gasteiger charge is 2.24. The molecule has 0 spiro atoms. The Bertz CT molecular complexity index is 862. The molecule has 4 heterocycles. The number of hydrogen-bond donors (Lipinski definition) is 1. The second kappa shape index (κ2) is 5.66. The van der Waals surface area contributed by atoms with E-state index >= 15 is 0 Å². The maximum atomic E-state index is 12.6. The highest BCUT2D eigenvalue weighted by atomic mass is 32.1. The molecule has 0 radical (unpaired) electrons. The molecule has 3 aromatic rings. The molecule has 6 nitrogen and oxygen atoms in total. The van der Waals surface area contributed by atoms with Crippen molar-refractivity contribution in [2.45, 2.75) is 19.3 Å². The summed E-state index contributed by atoms with van der Waals surface area (Å²) in [5.41, 5.74) is 8.58. The topological polar surface area (TPSA) is 76.5 Å². The fraction of sp³-hybridized carbons (Fsp3) is 0.312. The number of thiazole rings is 1. The first-order chi connectivity index (χ1) is 11.2. The summed E-state index contributed by atoms with van der Waals surface area (Å²) >= 11 is 1.26. The van der Waals surface area contributed by atoms with Gasteiger partial charge in [0, 0.05) is 24.8 Å². The zero-order chi connectivity index (χ0) is 15.8. The van der Waals surface area contributed by atoms with Gasteiger partial charge in [-0.15, -0.1) is 0 Å². The van der Waals surface area contributed by atoms with E-state index in [2.05, 4.69) is 10.1 Å². The average Bonchev–Trinajstić information content (AvgIpc) is 3.18. The van der Waals surface area contributed by atoms with E-state index in [1.165, 1.54) is 17.8 Å². The number of pyridine rings is 1. The van der Waals surface area contributed by atoms with E-state index in [0.717, 1.165) is 37.0 Å². The Kier molecular flexibility index (Phi) is 3.49. The minimum absolute atomic E-state index is 0.0101. The zero-order valence-corrected chi connectivity index (χ0v) is 13.4. The van der Waals surface area contributed by atoms with Gasteiger partial charge in [-0.2, -0.15) is 5.10 Å². The summed E-state index contributed by atoms with van der Waals surface area (Å²) < 4.78 is 1.78. The predicted molar refractivity (Wildman–Crippen MR) is 90.5 cm³/mol. The molecule has 0 unspecified atom stereocenters. The fourth-order valence-corrected chi connectivity index (χ4v) is 3.78. The minimum Gasteiger partial charge on any atom is -0.389 e. The smallest absolute Gasteiger partial charge is 0.282 e. The van der Waals surface area contributed by atoms with Crippen molar-refractivity contribution in [1.29, 1.82) is 0 Å². The number of anilines is 1. The van der Waals surface area contributed by atoms with Gasteiger partial charge >= 0.3 is 0 Å². The average molecular weight is 327 g/mol. The highest BCUT2D eigenvalue weighted by molar-refractivity contribution is 7.17. The second-order valence-corrected chi connectivity index (χ2v) is 6.70. The van der Waals surface area contributed by atoms with E-state index in [9.17, 15) is 4.79 Å². The molecule has 1 fully saturated rings. The number of carbonyl (C=O) groups is 1. The number of nitrogens with two attached hydrogens (primary N) is 1. The second-order valence-electron chi connectivity index (χ2n) is 5.67. The lowest BCUT2D eigenvalue weighted by Crippen LogP contribution is -2.35. The van der Waals surface area contributed by atoms with Crippen molar-refractivity contribution in [2.75, 3.05) is 18.8 Å². The van der Waals surface area contributed by atoms with Crippen LogP contribution in [0.15, 0.2) is 30.6 Å². The third-order valence-electron chi connectivity index (χ3n) is 4.16. The Morgan fingerprint density at radius 1 is 1.22 bits per heavy atom. The van der Waals surface area contributed by atoms with Gasteiger partial charge < -0.3 is 10.6 Å². The first-order valence-electron chi connectivity index (χ1n) is 7.72. The van der Waals surface area contributed by atoms with Gasteiger partial charge in [-0.25, -0.2) is 9.50 Å². The molecule has 0 aliphatic carbocycles. The van der Waals surface area contributed by atoms with E-state index in [4.69, 9.17) is 5.73 Å². The molecule has 0 aromatic carbocycles. The lowest BCUT2D eigenvalue weighted by molar-refractivity contribution is 0.0724. The number of nitrogen functional groups attached to an aromatic ring is 1. The van der Waals surface area contributed by atoms with Crippen molar-refractivity contribution in [3.8, 4) is 11.3 Å². The van der Waals surface area contributed by atoms with E-state index in [1.54, 1.807) is 10.7 Å². The Hall–Kier alpha value is -2.41. The molecular formula is C16H17N5OS. The quantitative estimate of drug-likeness (QED) is 0.785. The maximum absolute atomic E-state index is 12.6. The molecule has 0 saturated carbocycles. The molecule has 1 amide bonds. The Balaban J connectivity index is 1.71. The molecule has 0 bridgehead atoms. The van der Waals surface area contributed by atoms with Gasteiger partial charge in [0.2, 0.25) is 0 Å². The number of piperidine rings is 1. The molecule has 3 aromatic heterocycles. The highest BCUT2D eigenvalue weighted by Crippen LogP contribution is 2.33. The molecule has 1 aliphatic rings. The van der Waals surface area contributed by atoms with Crippen LogP contribution in [0.25, 0.3) is 16.8 Å². The monoisotopic (exact) mass is 327 g/mol. The van der Waals surface area contributed by atoms with Gasteiger partial charge in [0.15, 0.2) is 5.01 Å². The molecular weight excluding hydrogens is 310 g/mol. The maximum Gasteiger partial charge on any atom is 0.282 e. The minimum atomic E-state index is -0.0101. The molecule has 4 rings (SSSR count). The molecule has 1 aliphatic heterocycles. The van der Waals surface area contributed by atoms with Gasteiger partial charge in [0.1, 0.15) is 10.7 Å². The summed E-state index contributed by atoms with van der Waals surface area (Å²) in [6.45, 7) is 1.62. The number of aromatic nitrogens is 3. The van der Waals surface area contributed by atoms with Crippen molar-refractivity contribution < 1.29 is 4.79 Å². The standard InChI is InChI=1S/C16H17N5OS/c17-14-13(11-10-18-21-9-5-2-6-12(11)21)19-15(23-14)16(22)20-7-3-1-4-8-20/h2,5-6,9-10H,1,3-4,7-8,17H2. The van der Waals surface area contributed by atoms with Crippen LogP contribution in [0.5, 0.6) is 0 Å². The summed E-state index contributed by atoms with van der Waals surface area (Å²) in [6, 6.07) is 5.83. The van der Waals surface area contributed by atoms with Crippen LogP contribution in [-0.2, 0) is 0 Å². The largest absolute Gasteiger partial charge is 0.389 e. The Morgan fingerprint density at radius 3 is 2.87 bits per heavy atom. The van der Waals surface area contributed by atoms with Crippen molar-refractivity contribution >= 4 is 27.8 Å². The van der Waals surface area contributed by atoms with E-state index in [0.29, 0.717) is 15.7 Å². The number of hydrogen-bond acceptors (Lipinski definition) is 5. The third-order valence-corrected chi connectivity index (χ3v) is 5.03. The molecule has 0 atom stereocenters. The lowest BCUT2D eigenvalue weighted by atomic mass is 10.1. The Morgan fingerprint density at radius 2 is 2.04 bits per heavy atom. The van der Waals surface area contributed by atoms with E-state index < -0.39 is 0 Å². The van der Waals surface area contributed by atoms with E-state index in [-0.39, 0.29) is 5.91 Å². The summed E-state index contributed by atoms with van der Waals surface area (Å²) in [5.74, 6) is -0.0101. The number of nitrogens with zero attached hydrogens (tertiary/aromatic N) is 4. The fourth-order valence-electron chi connectivity index (χ4n) is 2.97. The summed E-state index contributed by atoms with van der Waals surface area (Å²) in [4.78, 5) is 19.0. The summed E-state index contributed by atoms with van der Waals surface area (Å²) in [6.07, 6.45) is 6.94. The van der Waals surface area contributed by atoms with Crippen LogP contribution in [-0.4, -0.2) is 38.5 Å². The van der Waals surface area contributed by atoms with E-state index in [1.807, 2.05) is 29.3 Å². The normalized spacial score (nSPS) is 15.2. The van der Waals surface area contributed by atoms with Crippen LogP contribution in [0.3, 0.4) is 0 Å².